The van der Waals surface area contributed by atoms with Crippen LogP contribution in [0.3, 0.4) is 0 Å². The number of amides is 1. The van der Waals surface area contributed by atoms with Gasteiger partial charge < -0.3 is 16.0 Å². The topological polar surface area (TPSA) is 80.1 Å². The molecule has 0 spiro atoms. The van der Waals surface area contributed by atoms with E-state index in [4.69, 9.17) is 47.0 Å². The lowest BCUT2D eigenvalue weighted by atomic mass is 9.95. The van der Waals surface area contributed by atoms with Crippen molar-refractivity contribution in [2.75, 3.05) is 5.32 Å². The Hall–Kier alpha value is -1.74. The van der Waals surface area contributed by atoms with Crippen LogP contribution in [0.2, 0.25) is 0 Å². The molecule has 0 bridgehead atoms. The molecule has 0 saturated carbocycles. The predicted octanol–water partition coefficient (Wildman–Crippen LogP) is 3.63. The molecule has 7 nitrogen and oxygen atoms in total. The van der Waals surface area contributed by atoms with Gasteiger partial charge in [-0.1, -0.05) is 73.8 Å². The van der Waals surface area contributed by atoms with Crippen molar-refractivity contribution >= 4 is 63.7 Å². The van der Waals surface area contributed by atoms with E-state index in [9.17, 15) is 9.59 Å². The van der Waals surface area contributed by atoms with Crippen molar-refractivity contribution in [2.45, 2.75) is 37.7 Å². The maximum absolute atomic E-state index is 13.0. The molecule has 0 aliphatic rings. The first-order valence-corrected chi connectivity index (χ1v) is 10.6. The van der Waals surface area contributed by atoms with E-state index in [1.54, 1.807) is 39.4 Å². The molecule has 0 fully saturated rings. The van der Waals surface area contributed by atoms with E-state index in [1.807, 2.05) is 30.3 Å². The number of rotatable bonds is 4. The predicted molar refractivity (Wildman–Crippen MR) is 127 cm³/mol. The number of alkyl halides is 3. The highest BCUT2D eigenvalue weighted by molar-refractivity contribution is 7.80. The van der Waals surface area contributed by atoms with Crippen molar-refractivity contribution in [2.24, 2.45) is 12.5 Å². The van der Waals surface area contributed by atoms with Crippen molar-refractivity contribution in [3.63, 3.8) is 0 Å². The Bertz CT molecular complexity index is 991. The fraction of sp³-hybridized carbons (Fsp3) is 0.421. The highest BCUT2D eigenvalue weighted by Gasteiger charge is 2.37. The molecule has 0 aliphatic carbocycles. The summed E-state index contributed by atoms with van der Waals surface area (Å²) in [6.45, 7) is 6.97. The number of carbonyl (C=O) groups is 1. The second-order valence-electron chi connectivity index (χ2n) is 7.73. The van der Waals surface area contributed by atoms with Crippen LogP contribution in [0, 0.1) is 12.3 Å². The van der Waals surface area contributed by atoms with E-state index in [0.29, 0.717) is 11.4 Å². The zero-order valence-electron chi connectivity index (χ0n) is 17.2. The average molecular weight is 493 g/mol. The third-order valence-electron chi connectivity index (χ3n) is 4.35. The van der Waals surface area contributed by atoms with E-state index in [1.165, 1.54) is 4.68 Å². The number of hydrogen-bond acceptors (Lipinski definition) is 3. The smallest absolute Gasteiger partial charge is 0.295 e. The SMILES string of the molecule is Cc1c(NC(=S)N[C@@H](NC(=O)C(C)(C)C)C(Cl)(Cl)Cl)c(=O)n(-c2ccccc2)n1C. The first-order chi connectivity index (χ1) is 13.7. The minimum Gasteiger partial charge on any atom is -0.339 e. The molecule has 2 rings (SSSR count). The lowest BCUT2D eigenvalue weighted by Gasteiger charge is -2.30. The molecule has 1 atom stereocenters. The van der Waals surface area contributed by atoms with E-state index >= 15 is 0 Å². The van der Waals surface area contributed by atoms with E-state index in [-0.39, 0.29) is 22.3 Å². The van der Waals surface area contributed by atoms with Crippen LogP contribution in [0.1, 0.15) is 26.5 Å². The van der Waals surface area contributed by atoms with Crippen molar-refractivity contribution < 1.29 is 4.79 Å². The van der Waals surface area contributed by atoms with Crippen LogP contribution < -0.4 is 21.5 Å². The van der Waals surface area contributed by atoms with Gasteiger partial charge in [0.05, 0.1) is 11.4 Å². The minimum absolute atomic E-state index is 0.0199. The Morgan fingerprint density at radius 3 is 2.17 bits per heavy atom. The second kappa shape index (κ2) is 9.18. The summed E-state index contributed by atoms with van der Waals surface area (Å²) in [7, 11) is 1.76. The van der Waals surface area contributed by atoms with Gasteiger partial charge in [-0.3, -0.25) is 14.3 Å². The van der Waals surface area contributed by atoms with Crippen LogP contribution in [0.15, 0.2) is 35.1 Å². The monoisotopic (exact) mass is 491 g/mol. The number of benzene rings is 1. The Morgan fingerprint density at radius 1 is 1.10 bits per heavy atom. The quantitative estimate of drug-likeness (QED) is 0.345. The molecule has 1 amide bonds. The molecule has 1 aromatic carbocycles. The van der Waals surface area contributed by atoms with Gasteiger partial charge in [-0.15, -0.1) is 0 Å². The zero-order valence-corrected chi connectivity index (χ0v) is 20.3. The van der Waals surface area contributed by atoms with E-state index in [2.05, 4.69) is 16.0 Å². The summed E-state index contributed by atoms with van der Waals surface area (Å²) in [5, 5.41) is 8.27. The molecule has 2 aromatic rings. The molecule has 30 heavy (non-hydrogen) atoms. The average Bonchev–Trinajstić information content (AvgIpc) is 2.83. The van der Waals surface area contributed by atoms with Gasteiger partial charge in [-0.2, -0.15) is 0 Å². The second-order valence-corrected chi connectivity index (χ2v) is 10.5. The number of carbonyl (C=O) groups excluding carboxylic acids is 1. The highest BCUT2D eigenvalue weighted by Crippen LogP contribution is 2.30. The summed E-state index contributed by atoms with van der Waals surface area (Å²) in [5.74, 6) is -0.337. The third-order valence-corrected chi connectivity index (χ3v) is 5.23. The minimum atomic E-state index is -1.89. The molecule has 0 radical (unpaired) electrons. The Balaban J connectivity index is 2.27. The fourth-order valence-corrected chi connectivity index (χ4v) is 3.09. The van der Waals surface area contributed by atoms with Crippen LogP contribution in [0.4, 0.5) is 5.69 Å². The molecule has 164 valence electrons. The number of hydrogen-bond donors (Lipinski definition) is 3. The summed E-state index contributed by atoms with van der Waals surface area (Å²) in [4.78, 5) is 25.3. The maximum atomic E-state index is 13.0. The molecule has 3 N–H and O–H groups in total. The van der Waals surface area contributed by atoms with Gasteiger partial charge >= 0.3 is 0 Å². The molecule has 0 saturated heterocycles. The normalized spacial score (nSPS) is 12.9. The Labute approximate surface area is 195 Å². The van der Waals surface area contributed by atoms with Gasteiger partial charge in [0.15, 0.2) is 5.11 Å². The van der Waals surface area contributed by atoms with E-state index in [0.717, 1.165) is 0 Å². The van der Waals surface area contributed by atoms with Crippen LogP contribution in [0.25, 0.3) is 5.69 Å². The largest absolute Gasteiger partial charge is 0.339 e. The number of nitrogens with one attached hydrogen (secondary N) is 3. The van der Waals surface area contributed by atoms with Crippen LogP contribution >= 0.6 is 47.0 Å². The van der Waals surface area contributed by atoms with Gasteiger partial charge in [0.25, 0.3) is 5.56 Å². The summed E-state index contributed by atoms with van der Waals surface area (Å²) < 4.78 is 1.33. The molecule has 0 aliphatic heterocycles. The maximum Gasteiger partial charge on any atom is 0.295 e. The lowest BCUT2D eigenvalue weighted by molar-refractivity contribution is -0.129. The number of nitrogens with zero attached hydrogens (tertiary/aromatic N) is 2. The molecule has 1 aromatic heterocycles. The van der Waals surface area contributed by atoms with E-state index < -0.39 is 15.4 Å². The van der Waals surface area contributed by atoms with Gasteiger partial charge in [0.1, 0.15) is 11.9 Å². The number of para-hydroxylation sites is 1. The summed E-state index contributed by atoms with van der Waals surface area (Å²) >= 11 is 23.3. The summed E-state index contributed by atoms with van der Waals surface area (Å²) in [5.41, 5.74) is 0.622. The van der Waals surface area contributed by atoms with Crippen LogP contribution in [0.5, 0.6) is 0 Å². The molecule has 0 unspecified atom stereocenters. The van der Waals surface area contributed by atoms with Crippen molar-refractivity contribution in [1.82, 2.24) is 20.0 Å². The number of anilines is 1. The van der Waals surface area contributed by atoms with Gasteiger partial charge in [-0.05, 0) is 31.3 Å². The molecular formula is C19H24Cl3N5O2S. The Kier molecular flexibility index (Phi) is 7.50. The van der Waals surface area contributed by atoms with Crippen LogP contribution in [-0.2, 0) is 11.8 Å². The molecule has 11 heteroatoms. The summed E-state index contributed by atoms with van der Waals surface area (Å²) in [6, 6.07) is 9.19. The number of aromatic nitrogens is 2. The van der Waals surface area contributed by atoms with Gasteiger partial charge in [-0.25, -0.2) is 4.68 Å². The van der Waals surface area contributed by atoms with Crippen LogP contribution in [-0.4, -0.2) is 30.3 Å². The first-order valence-electron chi connectivity index (χ1n) is 9.02. The van der Waals surface area contributed by atoms with Crippen molar-refractivity contribution in [3.8, 4) is 5.69 Å². The number of thiocarbonyl (C=S) groups is 1. The third kappa shape index (κ3) is 5.69. The molecule has 1 heterocycles. The summed E-state index contributed by atoms with van der Waals surface area (Å²) in [6.07, 6.45) is -1.12. The van der Waals surface area contributed by atoms with Gasteiger partial charge in [0, 0.05) is 12.5 Å². The molecular weight excluding hydrogens is 469 g/mol. The highest BCUT2D eigenvalue weighted by atomic mass is 35.6. The fourth-order valence-electron chi connectivity index (χ4n) is 2.54. The Morgan fingerprint density at radius 2 is 1.67 bits per heavy atom. The van der Waals surface area contributed by atoms with Gasteiger partial charge in [0.2, 0.25) is 9.70 Å². The number of halogens is 3. The van der Waals surface area contributed by atoms with Crippen molar-refractivity contribution in [3.05, 3.63) is 46.4 Å². The first kappa shape index (κ1) is 24.5. The zero-order chi connectivity index (χ0) is 22.9. The standard InChI is InChI=1S/C19H24Cl3N5O2S/c1-11-13(14(28)27(26(11)5)12-9-7-6-8-10-12)23-17(30)25-15(19(20,21)22)24-16(29)18(2,3)4/h6-10,15H,1-5H3,(H,24,29)(H2,23,25,30)/t15-/m1/s1. The lowest BCUT2D eigenvalue weighted by Crippen LogP contribution is -2.58. The van der Waals surface area contributed by atoms with Crippen molar-refractivity contribution in [1.29, 1.82) is 0 Å².